The molecule has 0 spiro atoms. The smallest absolute Gasteiger partial charge is 0.173 e. The number of carbonyl (C=O) groups excluding carboxylic acids is 2. The van der Waals surface area contributed by atoms with E-state index in [0.29, 0.717) is 0 Å². The van der Waals surface area contributed by atoms with E-state index in [1.165, 1.54) is 6.92 Å². The van der Waals surface area contributed by atoms with Gasteiger partial charge < -0.3 is 0 Å². The summed E-state index contributed by atoms with van der Waals surface area (Å²) in [5.41, 5.74) is -0.185. The van der Waals surface area contributed by atoms with E-state index in [0.717, 1.165) is 25.0 Å². The van der Waals surface area contributed by atoms with Crippen LogP contribution in [0.4, 0.5) is 8.78 Å². The van der Waals surface area contributed by atoms with Crippen molar-refractivity contribution in [1.29, 1.82) is 0 Å². The van der Waals surface area contributed by atoms with Gasteiger partial charge in [-0.15, -0.1) is 0 Å². The molecule has 0 atom stereocenters. The van der Waals surface area contributed by atoms with Gasteiger partial charge in [0.2, 0.25) is 0 Å². The van der Waals surface area contributed by atoms with E-state index in [1.54, 1.807) is 0 Å². The first-order valence-electron chi connectivity index (χ1n) is 5.50. The molecule has 1 fully saturated rings. The quantitative estimate of drug-likeness (QED) is 0.597. The molecule has 0 saturated heterocycles. The van der Waals surface area contributed by atoms with E-state index in [-0.39, 0.29) is 29.2 Å². The Labute approximate surface area is 97.6 Å². The van der Waals surface area contributed by atoms with Gasteiger partial charge in [0.1, 0.15) is 17.4 Å². The van der Waals surface area contributed by atoms with Gasteiger partial charge in [-0.2, -0.15) is 0 Å². The van der Waals surface area contributed by atoms with E-state index in [2.05, 4.69) is 0 Å². The summed E-state index contributed by atoms with van der Waals surface area (Å²) in [6.07, 6.45) is 1.28. The Morgan fingerprint density at radius 1 is 1.24 bits per heavy atom. The van der Waals surface area contributed by atoms with Crippen LogP contribution in [0, 0.1) is 24.5 Å². The largest absolute Gasteiger partial charge is 0.299 e. The Kier molecular flexibility index (Phi) is 3.05. The average molecular weight is 238 g/mol. The second-order valence-corrected chi connectivity index (χ2v) is 4.42. The van der Waals surface area contributed by atoms with Crippen LogP contribution in [-0.4, -0.2) is 11.6 Å². The SMILES string of the molecule is Cc1cc(F)c(C(=O)CC(=O)C2CC2)cc1F. The molecule has 0 aliphatic heterocycles. The fourth-order valence-electron chi connectivity index (χ4n) is 1.66. The van der Waals surface area contributed by atoms with Gasteiger partial charge in [-0.05, 0) is 37.5 Å². The highest BCUT2D eigenvalue weighted by molar-refractivity contribution is 6.09. The monoisotopic (exact) mass is 238 g/mol. The molecule has 4 heteroatoms. The molecule has 1 aromatic carbocycles. The number of hydrogen-bond donors (Lipinski definition) is 0. The first kappa shape index (κ1) is 11.9. The number of benzene rings is 1. The van der Waals surface area contributed by atoms with Crippen LogP contribution in [0.15, 0.2) is 12.1 Å². The summed E-state index contributed by atoms with van der Waals surface area (Å²) in [6.45, 7) is 1.42. The van der Waals surface area contributed by atoms with E-state index in [1.807, 2.05) is 0 Å². The highest BCUT2D eigenvalue weighted by atomic mass is 19.1. The van der Waals surface area contributed by atoms with Crippen molar-refractivity contribution in [2.45, 2.75) is 26.2 Å². The predicted octanol–water partition coefficient (Wildman–Crippen LogP) is 2.83. The van der Waals surface area contributed by atoms with Crippen LogP contribution in [0.5, 0.6) is 0 Å². The molecule has 1 aliphatic carbocycles. The highest BCUT2D eigenvalue weighted by Gasteiger charge is 2.31. The van der Waals surface area contributed by atoms with Crippen LogP contribution in [0.2, 0.25) is 0 Å². The number of hydrogen-bond acceptors (Lipinski definition) is 2. The fraction of sp³-hybridized carbons (Fsp3) is 0.385. The first-order chi connectivity index (χ1) is 7.99. The van der Waals surface area contributed by atoms with E-state index >= 15 is 0 Å². The summed E-state index contributed by atoms with van der Waals surface area (Å²) in [6, 6.07) is 1.84. The van der Waals surface area contributed by atoms with Gasteiger partial charge in [-0.3, -0.25) is 9.59 Å². The van der Waals surface area contributed by atoms with Crippen molar-refractivity contribution >= 4 is 11.6 Å². The van der Waals surface area contributed by atoms with Crippen molar-refractivity contribution in [3.8, 4) is 0 Å². The summed E-state index contributed by atoms with van der Waals surface area (Å²) in [5.74, 6) is -2.25. The van der Waals surface area contributed by atoms with Crippen LogP contribution >= 0.6 is 0 Å². The number of halogens is 2. The second kappa shape index (κ2) is 4.35. The molecule has 2 nitrogen and oxygen atoms in total. The molecule has 0 unspecified atom stereocenters. The molecule has 1 saturated carbocycles. The van der Waals surface area contributed by atoms with Crippen LogP contribution < -0.4 is 0 Å². The Hall–Kier alpha value is -1.58. The minimum absolute atomic E-state index is 0.0442. The standard InChI is InChI=1S/C13H12F2O2/c1-7-4-11(15)9(5-10(7)14)13(17)6-12(16)8-2-3-8/h4-5,8H,2-3,6H2,1H3. The highest BCUT2D eigenvalue weighted by Crippen LogP contribution is 2.31. The summed E-state index contributed by atoms with van der Waals surface area (Å²) in [7, 11) is 0. The Bertz CT molecular complexity index is 490. The molecular formula is C13H12F2O2. The van der Waals surface area contributed by atoms with Crippen molar-refractivity contribution in [3.63, 3.8) is 0 Å². The molecular weight excluding hydrogens is 226 g/mol. The van der Waals surface area contributed by atoms with Gasteiger partial charge in [-0.1, -0.05) is 0 Å². The Balaban J connectivity index is 2.18. The summed E-state index contributed by atoms with van der Waals surface area (Å²) >= 11 is 0. The van der Waals surface area contributed by atoms with Gasteiger partial charge in [0, 0.05) is 5.92 Å². The van der Waals surface area contributed by atoms with Gasteiger partial charge >= 0.3 is 0 Å². The number of carbonyl (C=O) groups is 2. The zero-order valence-corrected chi connectivity index (χ0v) is 9.43. The van der Waals surface area contributed by atoms with Gasteiger partial charge in [0.15, 0.2) is 5.78 Å². The topological polar surface area (TPSA) is 34.1 Å². The van der Waals surface area contributed by atoms with Crippen LogP contribution in [-0.2, 0) is 4.79 Å². The third-order valence-electron chi connectivity index (χ3n) is 2.92. The molecule has 90 valence electrons. The minimum Gasteiger partial charge on any atom is -0.299 e. The van der Waals surface area contributed by atoms with Crippen molar-refractivity contribution in [2.24, 2.45) is 5.92 Å². The van der Waals surface area contributed by atoms with Crippen LogP contribution in [0.3, 0.4) is 0 Å². The van der Waals surface area contributed by atoms with Crippen molar-refractivity contribution in [3.05, 3.63) is 34.9 Å². The molecule has 1 aromatic rings. The summed E-state index contributed by atoms with van der Waals surface area (Å²) in [5, 5.41) is 0. The van der Waals surface area contributed by atoms with Crippen LogP contribution in [0.1, 0.15) is 35.2 Å². The maximum Gasteiger partial charge on any atom is 0.173 e. The summed E-state index contributed by atoms with van der Waals surface area (Å²) < 4.78 is 26.7. The van der Waals surface area contributed by atoms with Crippen LogP contribution in [0.25, 0.3) is 0 Å². The molecule has 0 aromatic heterocycles. The lowest BCUT2D eigenvalue weighted by molar-refractivity contribution is -0.119. The molecule has 0 N–H and O–H groups in total. The summed E-state index contributed by atoms with van der Waals surface area (Å²) in [4.78, 5) is 23.1. The van der Waals surface area contributed by atoms with Gasteiger partial charge in [0.05, 0.1) is 12.0 Å². The lowest BCUT2D eigenvalue weighted by Crippen LogP contribution is -2.11. The number of aryl methyl sites for hydroxylation is 1. The fourth-order valence-corrected chi connectivity index (χ4v) is 1.66. The molecule has 0 bridgehead atoms. The number of Topliss-reactive ketones (excluding diaryl/α,β-unsaturated/α-hetero) is 2. The van der Waals surface area contributed by atoms with E-state index < -0.39 is 17.4 Å². The lowest BCUT2D eigenvalue weighted by Gasteiger charge is -2.04. The zero-order valence-electron chi connectivity index (χ0n) is 9.43. The lowest BCUT2D eigenvalue weighted by atomic mass is 10.0. The van der Waals surface area contributed by atoms with Crippen molar-refractivity contribution in [1.82, 2.24) is 0 Å². The molecule has 0 heterocycles. The zero-order chi connectivity index (χ0) is 12.6. The Morgan fingerprint density at radius 3 is 2.47 bits per heavy atom. The molecule has 0 amide bonds. The molecule has 0 radical (unpaired) electrons. The minimum atomic E-state index is -0.766. The third kappa shape index (κ3) is 2.57. The van der Waals surface area contributed by atoms with Gasteiger partial charge in [-0.25, -0.2) is 8.78 Å². The normalized spacial score (nSPS) is 14.8. The third-order valence-corrected chi connectivity index (χ3v) is 2.92. The van der Waals surface area contributed by atoms with E-state index in [9.17, 15) is 18.4 Å². The molecule has 2 rings (SSSR count). The van der Waals surface area contributed by atoms with Crippen molar-refractivity contribution < 1.29 is 18.4 Å². The predicted molar refractivity (Wildman–Crippen MR) is 57.8 cm³/mol. The average Bonchev–Trinajstić information content (AvgIpc) is 3.06. The maximum absolute atomic E-state index is 13.4. The Morgan fingerprint density at radius 2 is 1.88 bits per heavy atom. The van der Waals surface area contributed by atoms with Gasteiger partial charge in [0.25, 0.3) is 0 Å². The maximum atomic E-state index is 13.4. The number of ketones is 2. The first-order valence-corrected chi connectivity index (χ1v) is 5.50. The second-order valence-electron chi connectivity index (χ2n) is 4.42. The van der Waals surface area contributed by atoms with Crippen molar-refractivity contribution in [2.75, 3.05) is 0 Å². The van der Waals surface area contributed by atoms with E-state index in [4.69, 9.17) is 0 Å². The number of rotatable bonds is 4. The molecule has 1 aliphatic rings. The molecule has 17 heavy (non-hydrogen) atoms.